The highest BCUT2D eigenvalue weighted by atomic mass is 16.2. The molecule has 5 rings (SSSR count). The summed E-state index contributed by atoms with van der Waals surface area (Å²) >= 11 is 0. The van der Waals surface area contributed by atoms with Gasteiger partial charge in [-0.1, -0.05) is 67.6 Å². The van der Waals surface area contributed by atoms with E-state index in [1.165, 1.54) is 4.90 Å². The second-order valence-electron chi connectivity index (χ2n) is 18.5. The maximum absolute atomic E-state index is 14.5. The Morgan fingerprint density at radius 2 is 1.18 bits per heavy atom. The number of rotatable bonds is 10. The van der Waals surface area contributed by atoms with E-state index >= 15 is 0 Å². The van der Waals surface area contributed by atoms with Crippen molar-refractivity contribution in [3.8, 4) is 0 Å². The van der Waals surface area contributed by atoms with E-state index in [0.29, 0.717) is 70.9 Å². The molecular formula is C50H73N9O8. The molecular weight excluding hydrogens is 855 g/mol. The van der Waals surface area contributed by atoms with Gasteiger partial charge in [-0.25, -0.2) is 0 Å². The van der Waals surface area contributed by atoms with Gasteiger partial charge in [0.25, 0.3) is 0 Å². The molecule has 0 bridgehead atoms. The highest BCUT2D eigenvalue weighted by Crippen LogP contribution is 2.26. The lowest BCUT2D eigenvalue weighted by atomic mass is 9.90. The first-order valence-electron chi connectivity index (χ1n) is 24.2. The lowest BCUT2D eigenvalue weighted by Gasteiger charge is -2.33. The third kappa shape index (κ3) is 14.9. The third-order valence-corrected chi connectivity index (χ3v) is 13.6. The van der Waals surface area contributed by atoms with E-state index < -0.39 is 71.9 Å². The van der Waals surface area contributed by atoms with Crippen molar-refractivity contribution in [1.82, 2.24) is 47.0 Å². The van der Waals surface area contributed by atoms with Crippen molar-refractivity contribution in [2.75, 3.05) is 40.3 Å². The summed E-state index contributed by atoms with van der Waals surface area (Å²) in [5.41, 5.74) is 1.71. The Morgan fingerprint density at radius 3 is 1.81 bits per heavy atom. The molecule has 17 heteroatoms. The van der Waals surface area contributed by atoms with Gasteiger partial charge in [-0.2, -0.15) is 0 Å². The van der Waals surface area contributed by atoms with Crippen LogP contribution in [0.2, 0.25) is 0 Å². The minimum atomic E-state index is -0.977. The van der Waals surface area contributed by atoms with Gasteiger partial charge in [0, 0.05) is 44.9 Å². The topological polar surface area (TPSA) is 227 Å². The maximum Gasteiger partial charge on any atom is 0.246 e. The molecule has 0 aromatic heterocycles. The van der Waals surface area contributed by atoms with E-state index in [9.17, 15) is 38.4 Å². The number of amides is 7. The van der Waals surface area contributed by atoms with E-state index in [0.717, 1.165) is 11.1 Å². The molecule has 3 fully saturated rings. The summed E-state index contributed by atoms with van der Waals surface area (Å²) in [6.07, 6.45) is 4.36. The molecule has 3 heterocycles. The number of likely N-dealkylation sites (N-methyl/N-ethyl adjacent to an activating group) is 2. The molecule has 4 unspecified atom stereocenters. The number of nitrogens with one attached hydrogen (secondary N) is 7. The SMILES string of the molecule is CN[C@@H](C)C(=O)NC1C(=O)N2CCCC2C(=O)N[C@@H](Cc2ccccc2)C(=O)NCCCC[C@H](NC(=O)[C@H](C)NC)C(=O)N2CCC[C@H]2C(=O)CC(Cc2ccccc2)C(=O)NCCCC1C. The zero-order chi connectivity index (χ0) is 48.5. The van der Waals surface area contributed by atoms with Crippen LogP contribution >= 0.6 is 0 Å². The van der Waals surface area contributed by atoms with Crippen molar-refractivity contribution in [2.45, 2.75) is 140 Å². The number of fused-ring (bicyclic) bond motifs is 2. The standard InChI is InChI=1S/C50H73N9O8/c1-32-17-14-26-53-46(63)37(29-35-18-8-6-9-19-35)31-42(60)40-23-15-27-58(40)49(66)38(55-44(61)33(2)51-4)22-12-13-25-54-47(64)39(30-36-20-10-7-11-21-36)56-48(65)41-24-16-28-59(41)50(67)43(32)57-45(62)34(3)52-5/h6-11,18-21,32-34,37-41,43,51-52H,12-17,22-31H2,1-5H3,(H,53,63)(H,54,64)(H,55,61)(H,56,65)(H,57,62)/t32?,33-,34-,37?,38-,39-,40-,41?,43?/m0/s1. The molecule has 67 heavy (non-hydrogen) atoms. The normalized spacial score (nSPS) is 26.6. The van der Waals surface area contributed by atoms with Crippen molar-refractivity contribution in [2.24, 2.45) is 11.8 Å². The Morgan fingerprint density at radius 1 is 0.627 bits per heavy atom. The largest absolute Gasteiger partial charge is 0.356 e. The monoisotopic (exact) mass is 928 g/mol. The van der Waals surface area contributed by atoms with Crippen LogP contribution in [0.5, 0.6) is 0 Å². The smallest absolute Gasteiger partial charge is 0.246 e. The number of ketones is 1. The van der Waals surface area contributed by atoms with E-state index in [1.54, 1.807) is 32.8 Å². The molecule has 7 amide bonds. The first-order valence-corrected chi connectivity index (χ1v) is 24.2. The van der Waals surface area contributed by atoms with Gasteiger partial charge in [0.15, 0.2) is 5.78 Å². The van der Waals surface area contributed by atoms with Crippen molar-refractivity contribution in [1.29, 1.82) is 0 Å². The molecule has 7 N–H and O–H groups in total. The van der Waals surface area contributed by atoms with Gasteiger partial charge in [0.05, 0.1) is 18.1 Å². The molecule has 17 nitrogen and oxygen atoms in total. The lowest BCUT2D eigenvalue weighted by Crippen LogP contribution is -2.59. The number of nitrogens with zero attached hydrogens (tertiary/aromatic N) is 2. The second kappa shape index (κ2) is 26.0. The van der Waals surface area contributed by atoms with Crippen LogP contribution in [-0.2, 0) is 51.2 Å². The fourth-order valence-electron chi connectivity index (χ4n) is 9.21. The number of benzene rings is 2. The summed E-state index contributed by atoms with van der Waals surface area (Å²) in [7, 11) is 3.30. The molecule has 366 valence electrons. The number of carbonyl (C=O) groups is 8. The summed E-state index contributed by atoms with van der Waals surface area (Å²) in [6, 6.07) is 13.1. The van der Waals surface area contributed by atoms with E-state index in [4.69, 9.17) is 0 Å². The van der Waals surface area contributed by atoms with Crippen LogP contribution in [-0.4, -0.2) is 140 Å². The van der Waals surface area contributed by atoms with Crippen LogP contribution in [0, 0.1) is 11.8 Å². The summed E-state index contributed by atoms with van der Waals surface area (Å²) in [5.74, 6) is -4.04. The predicted molar refractivity (Wildman–Crippen MR) is 254 cm³/mol. The average Bonchev–Trinajstić information content (AvgIpc) is 4.04. The van der Waals surface area contributed by atoms with Crippen LogP contribution in [0.25, 0.3) is 0 Å². The zero-order valence-electron chi connectivity index (χ0n) is 39.9. The third-order valence-electron chi connectivity index (χ3n) is 13.6. The van der Waals surface area contributed by atoms with E-state index in [-0.39, 0.29) is 61.8 Å². The predicted octanol–water partition coefficient (Wildman–Crippen LogP) is 1.53. The van der Waals surface area contributed by atoms with Gasteiger partial charge in [0.2, 0.25) is 41.4 Å². The Labute approximate surface area is 395 Å². The molecule has 0 radical (unpaired) electrons. The van der Waals surface area contributed by atoms with Gasteiger partial charge < -0.3 is 47.0 Å². The number of carbonyl (C=O) groups excluding carboxylic acids is 8. The first-order chi connectivity index (χ1) is 32.2. The van der Waals surface area contributed by atoms with Gasteiger partial charge >= 0.3 is 0 Å². The van der Waals surface area contributed by atoms with Crippen LogP contribution in [0.1, 0.15) is 96.1 Å². The van der Waals surface area contributed by atoms with Crippen molar-refractivity contribution in [3.05, 3.63) is 71.8 Å². The highest BCUT2D eigenvalue weighted by molar-refractivity contribution is 5.97. The van der Waals surface area contributed by atoms with Crippen LogP contribution in [0.3, 0.4) is 0 Å². The van der Waals surface area contributed by atoms with Gasteiger partial charge in [-0.15, -0.1) is 0 Å². The van der Waals surface area contributed by atoms with Crippen LogP contribution < -0.4 is 37.2 Å². The van der Waals surface area contributed by atoms with Crippen molar-refractivity contribution >= 4 is 47.1 Å². The number of hydrogen-bond acceptors (Lipinski definition) is 10. The Bertz CT molecular complexity index is 2000. The quantitative estimate of drug-likeness (QED) is 0.182. The summed E-state index contributed by atoms with van der Waals surface area (Å²) in [6.45, 7) is 6.32. The summed E-state index contributed by atoms with van der Waals surface area (Å²) < 4.78 is 0. The molecule has 0 saturated carbocycles. The minimum absolute atomic E-state index is 0.0960. The van der Waals surface area contributed by atoms with Crippen molar-refractivity contribution < 1.29 is 38.4 Å². The maximum atomic E-state index is 14.5. The van der Waals surface area contributed by atoms with Crippen LogP contribution in [0.4, 0.5) is 0 Å². The minimum Gasteiger partial charge on any atom is -0.356 e. The Hall–Kier alpha value is -5.68. The molecule has 0 spiro atoms. The average molecular weight is 928 g/mol. The second-order valence-corrected chi connectivity index (χ2v) is 18.5. The lowest BCUT2D eigenvalue weighted by molar-refractivity contribution is -0.143. The Balaban J connectivity index is 1.43. The summed E-state index contributed by atoms with van der Waals surface area (Å²) in [4.78, 5) is 115. The Kier molecular flexibility index (Phi) is 20.3. The van der Waals surface area contributed by atoms with E-state index in [1.807, 2.05) is 67.6 Å². The van der Waals surface area contributed by atoms with Gasteiger partial charge in [-0.05, 0) is 109 Å². The number of Topliss-reactive ketones (excluding diaryl/α,β-unsaturated/α-hetero) is 1. The first kappa shape index (κ1) is 52.3. The molecule has 9 atom stereocenters. The fourth-order valence-corrected chi connectivity index (χ4v) is 9.21. The zero-order valence-corrected chi connectivity index (χ0v) is 39.9. The fraction of sp³-hybridized carbons (Fsp3) is 0.600. The van der Waals surface area contributed by atoms with Crippen molar-refractivity contribution in [3.63, 3.8) is 0 Å². The van der Waals surface area contributed by atoms with Gasteiger partial charge in [-0.3, -0.25) is 38.4 Å². The van der Waals surface area contributed by atoms with Gasteiger partial charge in [0.1, 0.15) is 24.2 Å². The highest BCUT2D eigenvalue weighted by Gasteiger charge is 2.42. The molecule has 2 aromatic carbocycles. The van der Waals surface area contributed by atoms with Crippen LogP contribution in [0.15, 0.2) is 60.7 Å². The van der Waals surface area contributed by atoms with E-state index in [2.05, 4.69) is 37.2 Å². The molecule has 2 aromatic rings. The molecule has 3 aliphatic heterocycles. The summed E-state index contributed by atoms with van der Waals surface area (Å²) in [5, 5.41) is 20.6. The number of hydrogen-bond donors (Lipinski definition) is 7. The molecule has 3 aliphatic rings. The molecule has 0 aliphatic carbocycles. The molecule has 3 saturated heterocycles.